The van der Waals surface area contributed by atoms with E-state index in [1.807, 2.05) is 0 Å². The smallest absolute Gasteiger partial charge is 0.0789 e. The van der Waals surface area contributed by atoms with Gasteiger partial charge >= 0.3 is 0 Å². The van der Waals surface area contributed by atoms with Crippen LogP contribution in [0, 0.1) is 0 Å². The summed E-state index contributed by atoms with van der Waals surface area (Å²) in [4.78, 5) is 0. The summed E-state index contributed by atoms with van der Waals surface area (Å²) in [5.41, 5.74) is 11.3. The Morgan fingerprint density at radius 3 is 1.73 bits per heavy atom. The Morgan fingerprint density at radius 1 is 0.286 bits per heavy atom. The number of benzene rings is 8. The first kappa shape index (κ1) is 24.6. The largest absolute Gasteiger partial charge is 0.308 e. The van der Waals surface area contributed by atoms with Crippen molar-refractivity contribution in [1.82, 2.24) is 13.4 Å². The third-order valence-electron chi connectivity index (χ3n) is 11.4. The monoisotopic (exact) mass is 619 g/mol. The van der Waals surface area contributed by atoms with E-state index in [4.69, 9.17) is 0 Å². The van der Waals surface area contributed by atoms with Crippen LogP contribution in [0.5, 0.6) is 0 Å². The van der Waals surface area contributed by atoms with E-state index in [2.05, 4.69) is 165 Å². The summed E-state index contributed by atoms with van der Waals surface area (Å²) in [5.74, 6) is 0. The Hall–Kier alpha value is -6.58. The predicted molar refractivity (Wildman–Crippen MR) is 208 cm³/mol. The zero-order valence-corrected chi connectivity index (χ0v) is 26.3. The molecule has 0 saturated heterocycles. The predicted octanol–water partition coefficient (Wildman–Crippen LogP) is 12.2. The molecule has 0 saturated carbocycles. The highest BCUT2D eigenvalue weighted by Crippen LogP contribution is 2.48. The molecule has 13 aromatic rings. The lowest BCUT2D eigenvalue weighted by Crippen LogP contribution is -1.95. The third kappa shape index (κ3) is 2.73. The van der Waals surface area contributed by atoms with Crippen molar-refractivity contribution in [2.24, 2.45) is 0 Å². The standard InChI is InChI=1S/C46H25N3/c1-2-12-27(13-3-1)47-38-19-8-6-15-29(38)33-21-22-34-31-17-10-18-32-35-24-37-41(25-40(35)49(43(31)32)46(34)45(33)47)48-39-20-9-7-16-30(39)36-23-26-11-4-5-14-28(26)42(37)44(36)48/h1-25H. The van der Waals surface area contributed by atoms with Gasteiger partial charge in [0.1, 0.15) is 0 Å². The van der Waals surface area contributed by atoms with Crippen molar-refractivity contribution >= 4 is 109 Å². The Morgan fingerprint density at radius 2 is 0.898 bits per heavy atom. The number of hydrogen-bond acceptors (Lipinski definition) is 0. The molecule has 0 N–H and O–H groups in total. The fourth-order valence-electron chi connectivity index (χ4n) is 9.58. The summed E-state index contributed by atoms with van der Waals surface area (Å²) in [7, 11) is 0. The first-order valence-corrected chi connectivity index (χ1v) is 17.0. The Kier molecular flexibility index (Phi) is 4.15. The fraction of sp³-hybridized carbons (Fsp3) is 0. The van der Waals surface area contributed by atoms with E-state index in [0.717, 1.165) is 0 Å². The molecule has 224 valence electrons. The lowest BCUT2D eigenvalue weighted by atomic mass is 9.99. The maximum Gasteiger partial charge on any atom is 0.0789 e. The fourth-order valence-corrected chi connectivity index (χ4v) is 9.58. The van der Waals surface area contributed by atoms with Crippen LogP contribution >= 0.6 is 0 Å². The van der Waals surface area contributed by atoms with E-state index in [9.17, 15) is 0 Å². The number of aromatic nitrogens is 3. The van der Waals surface area contributed by atoms with Crippen LogP contribution in [0.25, 0.3) is 114 Å². The second-order valence-corrected chi connectivity index (χ2v) is 13.7. The van der Waals surface area contributed by atoms with Gasteiger partial charge in [-0.2, -0.15) is 0 Å². The molecule has 0 atom stereocenters. The summed E-state index contributed by atoms with van der Waals surface area (Å²) in [6.45, 7) is 0. The lowest BCUT2D eigenvalue weighted by Gasteiger charge is -2.09. The third-order valence-corrected chi connectivity index (χ3v) is 11.4. The lowest BCUT2D eigenvalue weighted by molar-refractivity contribution is 1.18. The number of hydrogen-bond donors (Lipinski definition) is 0. The van der Waals surface area contributed by atoms with E-state index in [1.54, 1.807) is 0 Å². The van der Waals surface area contributed by atoms with Crippen LogP contribution in [-0.2, 0) is 0 Å². The molecule has 13 rings (SSSR count). The molecule has 3 heteroatoms. The maximum absolute atomic E-state index is 2.58. The molecule has 0 aliphatic heterocycles. The van der Waals surface area contributed by atoms with Crippen LogP contribution in [0.4, 0.5) is 0 Å². The summed E-state index contributed by atoms with van der Waals surface area (Å²) in [5, 5.41) is 15.6. The average Bonchev–Trinajstić information content (AvgIpc) is 3.94. The van der Waals surface area contributed by atoms with E-state index in [0.29, 0.717) is 0 Å². The number of rotatable bonds is 1. The van der Waals surface area contributed by atoms with Crippen molar-refractivity contribution in [2.75, 3.05) is 0 Å². The maximum atomic E-state index is 2.58. The molecule has 0 spiro atoms. The minimum atomic E-state index is 1.18. The van der Waals surface area contributed by atoms with Crippen molar-refractivity contribution in [1.29, 1.82) is 0 Å². The van der Waals surface area contributed by atoms with E-state index < -0.39 is 0 Å². The van der Waals surface area contributed by atoms with Gasteiger partial charge in [0, 0.05) is 59.5 Å². The van der Waals surface area contributed by atoms with Gasteiger partial charge in [0.2, 0.25) is 0 Å². The molecule has 0 aliphatic carbocycles. The van der Waals surface area contributed by atoms with Crippen LogP contribution in [-0.4, -0.2) is 13.4 Å². The SMILES string of the molecule is c1ccc(-n2c3ccccc3c3ccc4c5cccc6c7cc8c9c%10ccccc%10cc%10c%11ccccc%11n(c8cc7n(c65)c4c32)c%109)cc1. The van der Waals surface area contributed by atoms with Crippen molar-refractivity contribution in [3.63, 3.8) is 0 Å². The van der Waals surface area contributed by atoms with Gasteiger partial charge < -0.3 is 13.4 Å². The second kappa shape index (κ2) is 8.28. The molecule has 0 fully saturated rings. The molecular weight excluding hydrogens is 595 g/mol. The van der Waals surface area contributed by atoms with Crippen LogP contribution < -0.4 is 0 Å². The molecule has 0 radical (unpaired) electrons. The van der Waals surface area contributed by atoms with Gasteiger partial charge in [-0.05, 0) is 53.2 Å². The van der Waals surface area contributed by atoms with Crippen molar-refractivity contribution < 1.29 is 0 Å². The molecule has 0 unspecified atom stereocenters. The normalized spacial score (nSPS) is 12.9. The number of nitrogens with zero attached hydrogens (tertiary/aromatic N) is 3. The topological polar surface area (TPSA) is 13.8 Å². The highest BCUT2D eigenvalue weighted by Gasteiger charge is 2.25. The number of para-hydroxylation sites is 4. The van der Waals surface area contributed by atoms with Gasteiger partial charge in [0.05, 0.1) is 44.1 Å². The zero-order valence-electron chi connectivity index (χ0n) is 26.3. The van der Waals surface area contributed by atoms with Crippen molar-refractivity contribution in [2.45, 2.75) is 0 Å². The summed E-state index contributed by atoms with van der Waals surface area (Å²) in [6, 6.07) is 56.4. The van der Waals surface area contributed by atoms with Gasteiger partial charge in [0.15, 0.2) is 0 Å². The highest BCUT2D eigenvalue weighted by molar-refractivity contribution is 6.35. The van der Waals surface area contributed by atoms with Crippen molar-refractivity contribution in [3.8, 4) is 5.69 Å². The summed E-state index contributed by atoms with van der Waals surface area (Å²) >= 11 is 0. The molecule has 5 heterocycles. The van der Waals surface area contributed by atoms with Gasteiger partial charge in [-0.3, -0.25) is 0 Å². The number of fused-ring (bicyclic) bond motifs is 18. The molecule has 8 aromatic carbocycles. The van der Waals surface area contributed by atoms with Crippen molar-refractivity contribution in [3.05, 3.63) is 152 Å². The van der Waals surface area contributed by atoms with Gasteiger partial charge in [-0.15, -0.1) is 0 Å². The highest BCUT2D eigenvalue weighted by atomic mass is 15.0. The Balaban J connectivity index is 1.32. The molecule has 0 bridgehead atoms. The molecule has 0 amide bonds. The minimum Gasteiger partial charge on any atom is -0.308 e. The Bertz CT molecular complexity index is 3540. The molecule has 5 aromatic heterocycles. The Labute approximate surface area is 278 Å². The quantitative estimate of drug-likeness (QED) is 0.174. The second-order valence-electron chi connectivity index (χ2n) is 13.7. The van der Waals surface area contributed by atoms with E-state index >= 15 is 0 Å². The molecule has 0 aliphatic rings. The summed E-state index contributed by atoms with van der Waals surface area (Å²) in [6.07, 6.45) is 0. The van der Waals surface area contributed by atoms with Crippen LogP contribution in [0.2, 0.25) is 0 Å². The molecule has 3 nitrogen and oxygen atoms in total. The first-order chi connectivity index (χ1) is 24.3. The molecular formula is C46H25N3. The first-order valence-electron chi connectivity index (χ1n) is 17.0. The van der Waals surface area contributed by atoms with Gasteiger partial charge in [-0.25, -0.2) is 0 Å². The van der Waals surface area contributed by atoms with Crippen LogP contribution in [0.15, 0.2) is 152 Å². The zero-order chi connectivity index (χ0) is 31.5. The van der Waals surface area contributed by atoms with Crippen LogP contribution in [0.1, 0.15) is 0 Å². The van der Waals surface area contributed by atoms with E-state index in [-0.39, 0.29) is 0 Å². The van der Waals surface area contributed by atoms with E-state index in [1.165, 1.54) is 114 Å². The molecule has 49 heavy (non-hydrogen) atoms. The van der Waals surface area contributed by atoms with Crippen LogP contribution in [0.3, 0.4) is 0 Å². The van der Waals surface area contributed by atoms with Gasteiger partial charge in [0.25, 0.3) is 0 Å². The average molecular weight is 620 g/mol. The minimum absolute atomic E-state index is 1.18. The van der Waals surface area contributed by atoms with Gasteiger partial charge in [-0.1, -0.05) is 109 Å². The summed E-state index contributed by atoms with van der Waals surface area (Å²) < 4.78 is 7.59.